The maximum absolute atomic E-state index is 11.4. The smallest absolute Gasteiger partial charge is 0.150 e. The van der Waals surface area contributed by atoms with Crippen LogP contribution in [0.1, 0.15) is 24.0 Å². The Morgan fingerprint density at radius 1 is 1.24 bits per heavy atom. The van der Waals surface area contributed by atoms with E-state index in [1.54, 1.807) is 0 Å². The summed E-state index contributed by atoms with van der Waals surface area (Å²) in [5.41, 5.74) is 6.26. The van der Waals surface area contributed by atoms with Gasteiger partial charge in [-0.2, -0.15) is 0 Å². The van der Waals surface area contributed by atoms with Crippen LogP contribution in [-0.4, -0.2) is 25.0 Å². The van der Waals surface area contributed by atoms with Crippen LogP contribution in [0, 0.1) is 0 Å². The molecule has 0 radical (unpaired) electrons. The first kappa shape index (κ1) is 12.5. The normalized spacial score (nSPS) is 22.2. The lowest BCUT2D eigenvalue weighted by Crippen LogP contribution is -2.37. The number of rotatable bonds is 2. The minimum Gasteiger partial charge on any atom is -0.385 e. The molecule has 5 heteroatoms. The minimum absolute atomic E-state index is 0.0441. The maximum Gasteiger partial charge on any atom is 0.150 e. The molecule has 0 spiro atoms. The average molecular weight is 255 g/mol. The van der Waals surface area contributed by atoms with Gasteiger partial charge in [0.25, 0.3) is 0 Å². The van der Waals surface area contributed by atoms with Crippen molar-refractivity contribution in [1.82, 2.24) is 0 Å². The summed E-state index contributed by atoms with van der Waals surface area (Å²) >= 11 is 0. The number of hydrogen-bond donors (Lipinski definition) is 2. The predicted molar refractivity (Wildman–Crippen MR) is 66.1 cm³/mol. The molecule has 4 nitrogen and oxygen atoms in total. The van der Waals surface area contributed by atoms with Crippen molar-refractivity contribution in [3.05, 3.63) is 35.4 Å². The first-order valence-corrected chi connectivity index (χ1v) is 7.50. The Kier molecular flexibility index (Phi) is 3.25. The average Bonchev–Trinajstić information content (AvgIpc) is 2.33. The molecule has 1 fully saturated rings. The van der Waals surface area contributed by atoms with Crippen molar-refractivity contribution in [3.8, 4) is 0 Å². The highest BCUT2D eigenvalue weighted by Crippen LogP contribution is 2.35. The van der Waals surface area contributed by atoms with Crippen LogP contribution < -0.4 is 5.73 Å². The molecule has 1 heterocycles. The van der Waals surface area contributed by atoms with E-state index in [1.165, 1.54) is 0 Å². The Hall–Kier alpha value is -0.910. The fourth-order valence-corrected chi connectivity index (χ4v) is 3.80. The zero-order valence-corrected chi connectivity index (χ0v) is 10.4. The second kappa shape index (κ2) is 4.40. The van der Waals surface area contributed by atoms with Crippen molar-refractivity contribution in [2.45, 2.75) is 25.0 Å². The molecule has 0 amide bonds. The van der Waals surface area contributed by atoms with Gasteiger partial charge in [0, 0.05) is 6.54 Å². The van der Waals surface area contributed by atoms with E-state index in [4.69, 9.17) is 5.73 Å². The first-order valence-electron chi connectivity index (χ1n) is 5.68. The molecular formula is C12H17NO3S. The van der Waals surface area contributed by atoms with Gasteiger partial charge >= 0.3 is 0 Å². The summed E-state index contributed by atoms with van der Waals surface area (Å²) in [6.07, 6.45) is 0.513. The van der Waals surface area contributed by atoms with Crippen LogP contribution >= 0.6 is 0 Å². The van der Waals surface area contributed by atoms with Crippen molar-refractivity contribution in [2.24, 2.45) is 5.73 Å². The summed E-state index contributed by atoms with van der Waals surface area (Å²) in [6, 6.07) is 7.42. The van der Waals surface area contributed by atoms with E-state index >= 15 is 0 Å². The van der Waals surface area contributed by atoms with Crippen LogP contribution in [0.25, 0.3) is 0 Å². The Balaban J connectivity index is 2.33. The zero-order chi connectivity index (χ0) is 12.5. The van der Waals surface area contributed by atoms with Crippen molar-refractivity contribution in [1.29, 1.82) is 0 Å². The molecule has 0 aromatic heterocycles. The third kappa shape index (κ3) is 2.51. The van der Waals surface area contributed by atoms with Crippen molar-refractivity contribution in [2.75, 3.05) is 11.5 Å². The first-order chi connectivity index (χ1) is 7.97. The topological polar surface area (TPSA) is 80.4 Å². The van der Waals surface area contributed by atoms with Gasteiger partial charge in [0.1, 0.15) is 0 Å². The Bertz CT molecular complexity index is 496. The van der Waals surface area contributed by atoms with Gasteiger partial charge in [-0.15, -0.1) is 0 Å². The fourth-order valence-electron chi connectivity index (χ4n) is 2.30. The van der Waals surface area contributed by atoms with Crippen LogP contribution in [-0.2, 0) is 22.0 Å². The molecule has 0 atom stereocenters. The number of nitrogens with two attached hydrogens (primary N) is 1. The molecule has 3 N–H and O–H groups in total. The zero-order valence-electron chi connectivity index (χ0n) is 9.59. The third-order valence-corrected chi connectivity index (χ3v) is 5.04. The van der Waals surface area contributed by atoms with Gasteiger partial charge in [-0.3, -0.25) is 0 Å². The van der Waals surface area contributed by atoms with Crippen LogP contribution in [0.2, 0.25) is 0 Å². The summed E-state index contributed by atoms with van der Waals surface area (Å²) in [7, 11) is -2.97. The van der Waals surface area contributed by atoms with Crippen molar-refractivity contribution >= 4 is 9.84 Å². The highest BCUT2D eigenvalue weighted by molar-refractivity contribution is 7.91. The van der Waals surface area contributed by atoms with Gasteiger partial charge in [-0.05, 0) is 24.0 Å². The van der Waals surface area contributed by atoms with Crippen LogP contribution in [0.5, 0.6) is 0 Å². The van der Waals surface area contributed by atoms with Crippen LogP contribution in [0.3, 0.4) is 0 Å². The lowest BCUT2D eigenvalue weighted by Gasteiger charge is -2.33. The molecule has 1 aliphatic rings. The standard InChI is InChI=1S/C12H17NO3S/c13-9-10-3-1-2-4-11(10)12(14)5-7-17(15,16)8-6-12/h1-4,14H,5-9,13H2. The van der Waals surface area contributed by atoms with Crippen LogP contribution in [0.4, 0.5) is 0 Å². The number of sulfone groups is 1. The molecule has 1 aromatic carbocycles. The Morgan fingerprint density at radius 3 is 2.41 bits per heavy atom. The van der Waals surface area contributed by atoms with Gasteiger partial charge in [0.05, 0.1) is 17.1 Å². The molecule has 0 saturated carbocycles. The van der Waals surface area contributed by atoms with Gasteiger partial charge in [-0.25, -0.2) is 8.42 Å². The van der Waals surface area contributed by atoms with Gasteiger partial charge in [-0.1, -0.05) is 24.3 Å². The number of hydrogen-bond acceptors (Lipinski definition) is 4. The second-order valence-corrected chi connectivity index (χ2v) is 6.85. The largest absolute Gasteiger partial charge is 0.385 e. The molecule has 2 rings (SSSR count). The van der Waals surface area contributed by atoms with E-state index in [2.05, 4.69) is 0 Å². The van der Waals surface area contributed by atoms with E-state index in [0.717, 1.165) is 11.1 Å². The summed E-state index contributed by atoms with van der Waals surface area (Å²) in [5, 5.41) is 10.6. The Labute approximate surface area is 101 Å². The summed E-state index contributed by atoms with van der Waals surface area (Å²) in [4.78, 5) is 0. The molecule has 0 unspecified atom stereocenters. The lowest BCUT2D eigenvalue weighted by atomic mass is 9.85. The number of benzene rings is 1. The molecule has 94 valence electrons. The third-order valence-electron chi connectivity index (χ3n) is 3.39. The van der Waals surface area contributed by atoms with Crippen molar-refractivity contribution in [3.63, 3.8) is 0 Å². The Morgan fingerprint density at radius 2 is 1.82 bits per heavy atom. The highest BCUT2D eigenvalue weighted by Gasteiger charge is 2.37. The molecule has 1 saturated heterocycles. The number of aliphatic hydroxyl groups is 1. The summed E-state index contributed by atoms with van der Waals surface area (Å²) in [6.45, 7) is 0.352. The van der Waals surface area contributed by atoms with Gasteiger partial charge in [0.2, 0.25) is 0 Å². The quantitative estimate of drug-likeness (QED) is 0.808. The molecule has 1 aliphatic heterocycles. The van der Waals surface area contributed by atoms with Crippen LogP contribution in [0.15, 0.2) is 24.3 Å². The highest BCUT2D eigenvalue weighted by atomic mass is 32.2. The molecule has 0 bridgehead atoms. The monoisotopic (exact) mass is 255 g/mol. The van der Waals surface area contributed by atoms with E-state index < -0.39 is 15.4 Å². The summed E-state index contributed by atoms with van der Waals surface area (Å²) in [5.74, 6) is 0.0881. The maximum atomic E-state index is 11.4. The lowest BCUT2D eigenvalue weighted by molar-refractivity contribution is 0.0255. The fraction of sp³-hybridized carbons (Fsp3) is 0.500. The molecule has 0 aliphatic carbocycles. The predicted octanol–water partition coefficient (Wildman–Crippen LogP) is 0.542. The van der Waals surface area contributed by atoms with Crippen molar-refractivity contribution < 1.29 is 13.5 Å². The molecular weight excluding hydrogens is 238 g/mol. The van der Waals surface area contributed by atoms with Gasteiger partial charge < -0.3 is 10.8 Å². The minimum atomic E-state index is -2.97. The second-order valence-electron chi connectivity index (χ2n) is 4.54. The molecule has 17 heavy (non-hydrogen) atoms. The van der Waals surface area contributed by atoms with E-state index in [1.807, 2.05) is 24.3 Å². The van der Waals surface area contributed by atoms with E-state index in [9.17, 15) is 13.5 Å². The van der Waals surface area contributed by atoms with E-state index in [0.29, 0.717) is 6.54 Å². The SMILES string of the molecule is NCc1ccccc1C1(O)CCS(=O)(=O)CC1. The molecule has 1 aromatic rings. The van der Waals surface area contributed by atoms with E-state index in [-0.39, 0.29) is 24.3 Å². The van der Waals surface area contributed by atoms with Gasteiger partial charge in [0.15, 0.2) is 9.84 Å². The summed E-state index contributed by atoms with van der Waals surface area (Å²) < 4.78 is 22.8.